The number of nitrogens with zero attached hydrogens (tertiary/aromatic N) is 2. The molecule has 1 aliphatic rings. The number of halogens is 3. The number of carbonyl (C=O) groups excluding carboxylic acids is 1. The van der Waals surface area contributed by atoms with Gasteiger partial charge in [0.05, 0.1) is 18.3 Å². The van der Waals surface area contributed by atoms with E-state index < -0.39 is 24.2 Å². The topological polar surface area (TPSA) is 107 Å². The van der Waals surface area contributed by atoms with Crippen LogP contribution < -0.4 is 16.0 Å². The van der Waals surface area contributed by atoms with Crippen molar-refractivity contribution in [3.8, 4) is 0 Å². The van der Waals surface area contributed by atoms with Crippen LogP contribution in [0.5, 0.6) is 0 Å². The van der Waals surface area contributed by atoms with E-state index in [9.17, 15) is 23.1 Å². The fourth-order valence-corrected chi connectivity index (χ4v) is 2.46. The highest BCUT2D eigenvalue weighted by Gasteiger charge is 2.41. The van der Waals surface area contributed by atoms with Crippen molar-refractivity contribution in [3.63, 3.8) is 0 Å². The average Bonchev–Trinajstić information content (AvgIpc) is 2.85. The van der Waals surface area contributed by atoms with Crippen LogP contribution in [0.4, 0.5) is 19.0 Å². The Balaban J connectivity index is 2.03. The van der Waals surface area contributed by atoms with Crippen LogP contribution in [0.15, 0.2) is 6.20 Å². The number of aliphatic hydroxyl groups excluding tert-OH is 1. The van der Waals surface area contributed by atoms with Crippen molar-refractivity contribution in [2.24, 2.45) is 5.73 Å². The molecule has 1 saturated heterocycles. The molecule has 0 spiro atoms. The van der Waals surface area contributed by atoms with Gasteiger partial charge in [-0.15, -0.1) is 0 Å². The van der Waals surface area contributed by atoms with Gasteiger partial charge in [-0.3, -0.25) is 9.89 Å². The lowest BCUT2D eigenvalue weighted by atomic mass is 10.1. The number of carbonyl (C=O) groups is 1. The quantitative estimate of drug-likeness (QED) is 0.621. The van der Waals surface area contributed by atoms with Gasteiger partial charge in [0, 0.05) is 25.2 Å². The zero-order valence-corrected chi connectivity index (χ0v) is 11.7. The molecule has 2 atom stereocenters. The van der Waals surface area contributed by atoms with Gasteiger partial charge in [-0.1, -0.05) is 0 Å². The fraction of sp³-hybridized carbons (Fsp3) is 0.667. The molecule has 1 fully saturated rings. The first-order chi connectivity index (χ1) is 10.3. The molecular weight excluding hydrogens is 303 g/mol. The Labute approximate surface area is 124 Å². The number of rotatable bonds is 3. The van der Waals surface area contributed by atoms with Crippen LogP contribution in [0.1, 0.15) is 18.4 Å². The molecule has 22 heavy (non-hydrogen) atoms. The highest BCUT2D eigenvalue weighted by Crippen LogP contribution is 2.22. The Hall–Kier alpha value is -1.81. The van der Waals surface area contributed by atoms with Gasteiger partial charge >= 0.3 is 12.1 Å². The number of aromatic nitrogens is 2. The van der Waals surface area contributed by atoms with Crippen molar-refractivity contribution in [2.75, 3.05) is 18.0 Å². The second-order valence-corrected chi connectivity index (χ2v) is 5.16. The Bertz CT molecular complexity index is 519. The summed E-state index contributed by atoms with van der Waals surface area (Å²) < 4.78 is 36.9. The van der Waals surface area contributed by atoms with Crippen molar-refractivity contribution in [3.05, 3.63) is 11.8 Å². The van der Waals surface area contributed by atoms with E-state index in [1.807, 2.05) is 10.2 Å². The van der Waals surface area contributed by atoms with Gasteiger partial charge in [0.1, 0.15) is 5.82 Å². The van der Waals surface area contributed by atoms with Gasteiger partial charge < -0.3 is 21.1 Å². The zero-order chi connectivity index (χ0) is 16.3. The molecular formula is C12H18F3N5O2. The lowest BCUT2D eigenvalue weighted by Gasteiger charge is -2.22. The summed E-state index contributed by atoms with van der Waals surface area (Å²) in [4.78, 5) is 12.9. The lowest BCUT2D eigenvalue weighted by Crippen LogP contribution is -2.48. The summed E-state index contributed by atoms with van der Waals surface area (Å²) in [5, 5.41) is 18.5. The molecule has 0 radical (unpaired) electrons. The zero-order valence-electron chi connectivity index (χ0n) is 11.7. The third kappa shape index (κ3) is 3.69. The molecule has 124 valence electrons. The minimum Gasteiger partial charge on any atom is -0.391 e. The van der Waals surface area contributed by atoms with Crippen LogP contribution in [0.3, 0.4) is 0 Å². The van der Waals surface area contributed by atoms with Gasteiger partial charge in [0.15, 0.2) is 0 Å². The van der Waals surface area contributed by atoms with E-state index in [1.165, 1.54) is 0 Å². The molecule has 10 heteroatoms. The van der Waals surface area contributed by atoms with E-state index in [1.54, 1.807) is 6.20 Å². The summed E-state index contributed by atoms with van der Waals surface area (Å²) in [6, 6.07) is -0.941. The SMILES string of the molecule is NCc1cn[nH]c1N1CCC(O)C(NC(=O)C(F)(F)F)CC1. The van der Waals surface area contributed by atoms with E-state index in [4.69, 9.17) is 5.73 Å². The molecule has 2 unspecified atom stereocenters. The van der Waals surface area contributed by atoms with Crippen LogP contribution in [0.2, 0.25) is 0 Å². The fourth-order valence-electron chi connectivity index (χ4n) is 2.46. The Morgan fingerprint density at radius 3 is 2.82 bits per heavy atom. The van der Waals surface area contributed by atoms with E-state index in [2.05, 4.69) is 10.2 Å². The van der Waals surface area contributed by atoms with Crippen molar-refractivity contribution in [2.45, 2.75) is 37.7 Å². The highest BCUT2D eigenvalue weighted by atomic mass is 19.4. The van der Waals surface area contributed by atoms with Crippen LogP contribution >= 0.6 is 0 Å². The molecule has 5 N–H and O–H groups in total. The van der Waals surface area contributed by atoms with Crippen LogP contribution in [0.25, 0.3) is 0 Å². The molecule has 1 aromatic heterocycles. The largest absolute Gasteiger partial charge is 0.471 e. The Morgan fingerprint density at radius 2 is 2.18 bits per heavy atom. The van der Waals surface area contributed by atoms with Crippen molar-refractivity contribution in [1.82, 2.24) is 15.5 Å². The number of hydrogen-bond acceptors (Lipinski definition) is 5. The first-order valence-corrected chi connectivity index (χ1v) is 6.86. The van der Waals surface area contributed by atoms with E-state index >= 15 is 0 Å². The summed E-state index contributed by atoms with van der Waals surface area (Å²) in [5.41, 5.74) is 6.38. The number of hydrogen-bond donors (Lipinski definition) is 4. The molecule has 1 aliphatic heterocycles. The van der Waals surface area contributed by atoms with Crippen LogP contribution in [0, 0.1) is 0 Å². The van der Waals surface area contributed by atoms with Gasteiger partial charge in [-0.25, -0.2) is 0 Å². The van der Waals surface area contributed by atoms with Crippen LogP contribution in [-0.2, 0) is 11.3 Å². The number of aromatic amines is 1. The number of anilines is 1. The second-order valence-electron chi connectivity index (χ2n) is 5.16. The van der Waals surface area contributed by atoms with Gasteiger partial charge in [0.2, 0.25) is 0 Å². The number of nitrogens with one attached hydrogen (secondary N) is 2. The number of aliphatic hydroxyl groups is 1. The smallest absolute Gasteiger partial charge is 0.391 e. The molecule has 2 rings (SSSR count). The molecule has 0 bridgehead atoms. The molecule has 0 saturated carbocycles. The molecule has 7 nitrogen and oxygen atoms in total. The van der Waals surface area contributed by atoms with Crippen LogP contribution in [-0.4, -0.2) is 52.6 Å². The van der Waals surface area contributed by atoms with Gasteiger partial charge in [-0.2, -0.15) is 18.3 Å². The predicted octanol–water partition coefficient (Wildman–Crippen LogP) is -0.123. The summed E-state index contributed by atoms with van der Waals surface area (Å²) in [6.07, 6.45) is -4.00. The average molecular weight is 321 g/mol. The van der Waals surface area contributed by atoms with E-state index in [-0.39, 0.29) is 19.4 Å². The number of nitrogens with two attached hydrogens (primary N) is 1. The summed E-state index contributed by atoms with van der Waals surface area (Å²) in [5.74, 6) is -1.34. The Kier molecular flexibility index (Phi) is 4.91. The Morgan fingerprint density at radius 1 is 1.50 bits per heavy atom. The monoisotopic (exact) mass is 321 g/mol. The van der Waals surface area contributed by atoms with Crippen molar-refractivity contribution >= 4 is 11.7 Å². The van der Waals surface area contributed by atoms with Crippen molar-refractivity contribution in [1.29, 1.82) is 0 Å². The number of alkyl halides is 3. The maximum atomic E-state index is 12.3. The third-order valence-electron chi connectivity index (χ3n) is 3.67. The summed E-state index contributed by atoms with van der Waals surface area (Å²) in [6.45, 7) is 1.07. The maximum absolute atomic E-state index is 12.3. The summed E-state index contributed by atoms with van der Waals surface area (Å²) >= 11 is 0. The first-order valence-electron chi connectivity index (χ1n) is 6.86. The molecule has 1 amide bonds. The van der Waals surface area contributed by atoms with Gasteiger partial charge in [-0.05, 0) is 12.8 Å². The van der Waals surface area contributed by atoms with Gasteiger partial charge in [0.25, 0.3) is 0 Å². The minimum absolute atomic E-state index is 0.187. The molecule has 0 aromatic carbocycles. The van der Waals surface area contributed by atoms with E-state index in [0.717, 1.165) is 5.56 Å². The molecule has 2 heterocycles. The van der Waals surface area contributed by atoms with Crippen molar-refractivity contribution < 1.29 is 23.1 Å². The third-order valence-corrected chi connectivity index (χ3v) is 3.67. The number of H-pyrrole nitrogens is 1. The normalized spacial score (nSPS) is 23.2. The molecule has 0 aliphatic carbocycles. The van der Waals surface area contributed by atoms with E-state index in [0.29, 0.717) is 18.9 Å². The highest BCUT2D eigenvalue weighted by molar-refractivity contribution is 5.82. The summed E-state index contributed by atoms with van der Waals surface area (Å²) in [7, 11) is 0. The lowest BCUT2D eigenvalue weighted by molar-refractivity contribution is -0.175. The minimum atomic E-state index is -4.96. The second kappa shape index (κ2) is 6.53. The number of amides is 1. The predicted molar refractivity (Wildman–Crippen MR) is 71.9 cm³/mol. The first kappa shape index (κ1) is 16.6. The molecule has 1 aromatic rings. The maximum Gasteiger partial charge on any atom is 0.471 e. The standard InChI is InChI=1S/C12H18F3N5O2/c13-12(14,15)11(22)18-8-1-3-20(4-2-9(8)21)10-7(5-16)6-17-19-10/h6,8-9,21H,1-5,16H2,(H,17,19)(H,18,22).